The molecular weight excluding hydrogens is 224 g/mol. The normalized spacial score (nSPS) is 12.7. The summed E-state index contributed by atoms with van der Waals surface area (Å²) in [6.07, 6.45) is 1.86. The second-order valence-corrected chi connectivity index (χ2v) is 3.90. The lowest BCUT2D eigenvalue weighted by atomic mass is 10.0. The van der Waals surface area contributed by atoms with Crippen molar-refractivity contribution in [3.8, 4) is 0 Å². The highest BCUT2D eigenvalue weighted by molar-refractivity contribution is 5.22. The molecule has 2 aromatic rings. The van der Waals surface area contributed by atoms with Crippen molar-refractivity contribution in [3.63, 3.8) is 0 Å². The predicted molar refractivity (Wildman–Crippen MR) is 60.2 cm³/mol. The molecular formula is C12H13F2N3. The lowest BCUT2D eigenvalue weighted by Gasteiger charge is -2.12. The van der Waals surface area contributed by atoms with E-state index >= 15 is 0 Å². The van der Waals surface area contributed by atoms with Gasteiger partial charge in [-0.2, -0.15) is 5.10 Å². The third kappa shape index (κ3) is 2.34. The molecule has 5 heteroatoms. The molecule has 17 heavy (non-hydrogen) atoms. The Kier molecular flexibility index (Phi) is 3.19. The number of halogens is 2. The summed E-state index contributed by atoms with van der Waals surface area (Å²) < 4.78 is 28.1. The molecule has 1 heterocycles. The predicted octanol–water partition coefficient (Wildman–Crippen LogP) is 1.94. The molecule has 0 fully saturated rings. The Morgan fingerprint density at radius 1 is 1.35 bits per heavy atom. The topological polar surface area (TPSA) is 43.8 Å². The van der Waals surface area contributed by atoms with Crippen molar-refractivity contribution in [2.45, 2.75) is 12.5 Å². The van der Waals surface area contributed by atoms with Crippen molar-refractivity contribution < 1.29 is 8.78 Å². The van der Waals surface area contributed by atoms with E-state index in [9.17, 15) is 8.78 Å². The van der Waals surface area contributed by atoms with Gasteiger partial charge >= 0.3 is 0 Å². The molecule has 90 valence electrons. The van der Waals surface area contributed by atoms with E-state index in [0.717, 1.165) is 11.8 Å². The lowest BCUT2D eigenvalue weighted by molar-refractivity contribution is 0.491. The molecule has 0 aliphatic rings. The van der Waals surface area contributed by atoms with Gasteiger partial charge in [0.1, 0.15) is 0 Å². The Balaban J connectivity index is 2.22. The Morgan fingerprint density at radius 2 is 2.12 bits per heavy atom. The lowest BCUT2D eigenvalue weighted by Crippen LogP contribution is -2.18. The summed E-state index contributed by atoms with van der Waals surface area (Å²) in [6.45, 7) is 0. The van der Waals surface area contributed by atoms with Crippen LogP contribution in [0.4, 0.5) is 8.78 Å². The molecule has 3 nitrogen and oxygen atoms in total. The third-order valence-electron chi connectivity index (χ3n) is 2.71. The number of hydrogen-bond acceptors (Lipinski definition) is 2. The van der Waals surface area contributed by atoms with Crippen LogP contribution in [-0.4, -0.2) is 9.78 Å². The minimum atomic E-state index is -0.847. The average molecular weight is 237 g/mol. The highest BCUT2D eigenvalue weighted by Crippen LogP contribution is 2.19. The first-order chi connectivity index (χ1) is 8.09. The largest absolute Gasteiger partial charge is 0.322 e. The summed E-state index contributed by atoms with van der Waals surface area (Å²) in [5, 5.41) is 3.99. The van der Waals surface area contributed by atoms with Gasteiger partial charge in [-0.25, -0.2) is 8.78 Å². The Morgan fingerprint density at radius 3 is 2.76 bits per heavy atom. The van der Waals surface area contributed by atoms with E-state index in [1.54, 1.807) is 24.0 Å². The summed E-state index contributed by atoms with van der Waals surface area (Å²) in [4.78, 5) is 0. The van der Waals surface area contributed by atoms with Gasteiger partial charge in [0, 0.05) is 13.2 Å². The monoisotopic (exact) mass is 237 g/mol. The van der Waals surface area contributed by atoms with Crippen LogP contribution in [0, 0.1) is 11.6 Å². The van der Waals surface area contributed by atoms with Crippen LogP contribution in [0.2, 0.25) is 0 Å². The number of rotatable bonds is 3. The highest BCUT2D eigenvalue weighted by atomic mass is 19.2. The molecule has 1 unspecified atom stereocenters. The maximum atomic E-state index is 13.5. The van der Waals surface area contributed by atoms with Crippen LogP contribution < -0.4 is 5.73 Å². The van der Waals surface area contributed by atoms with E-state index in [4.69, 9.17) is 5.73 Å². The Bertz CT molecular complexity index is 522. The minimum Gasteiger partial charge on any atom is -0.322 e. The smallest absolute Gasteiger partial charge is 0.162 e. The van der Waals surface area contributed by atoms with Crippen molar-refractivity contribution in [1.82, 2.24) is 9.78 Å². The number of nitrogens with zero attached hydrogens (tertiary/aromatic N) is 2. The van der Waals surface area contributed by atoms with Crippen molar-refractivity contribution in [2.24, 2.45) is 12.8 Å². The second kappa shape index (κ2) is 4.63. The summed E-state index contributed by atoms with van der Waals surface area (Å²) in [5.74, 6) is -1.68. The van der Waals surface area contributed by atoms with Crippen LogP contribution in [0.25, 0.3) is 0 Å². The molecule has 1 atom stereocenters. The molecule has 0 saturated carbocycles. The Hall–Kier alpha value is -1.75. The zero-order valence-corrected chi connectivity index (χ0v) is 9.40. The third-order valence-corrected chi connectivity index (χ3v) is 2.71. The standard InChI is InChI=1S/C12H13F2N3/c1-17-11(5-6-16-17)10(15)7-8-3-2-4-9(13)12(8)14/h2-6,10H,7,15H2,1H3. The van der Waals surface area contributed by atoms with E-state index in [1.807, 2.05) is 0 Å². The summed E-state index contributed by atoms with van der Waals surface area (Å²) in [5.41, 5.74) is 7.00. The molecule has 0 spiro atoms. The van der Waals surface area contributed by atoms with Gasteiger partial charge in [0.25, 0.3) is 0 Å². The maximum Gasteiger partial charge on any atom is 0.162 e. The molecule has 2 rings (SSSR count). The SMILES string of the molecule is Cn1nccc1C(N)Cc1cccc(F)c1F. The summed E-state index contributed by atoms with van der Waals surface area (Å²) in [6, 6.07) is 5.47. The fourth-order valence-electron chi connectivity index (χ4n) is 1.80. The quantitative estimate of drug-likeness (QED) is 0.886. The Labute approximate surface area is 97.9 Å². The molecule has 2 N–H and O–H groups in total. The molecule has 0 aliphatic heterocycles. The van der Waals surface area contributed by atoms with Gasteiger partial charge in [-0.15, -0.1) is 0 Å². The maximum absolute atomic E-state index is 13.5. The van der Waals surface area contributed by atoms with Gasteiger partial charge < -0.3 is 5.73 Å². The van der Waals surface area contributed by atoms with Crippen molar-refractivity contribution in [3.05, 3.63) is 53.4 Å². The number of benzene rings is 1. The van der Waals surface area contributed by atoms with E-state index in [0.29, 0.717) is 0 Å². The first-order valence-electron chi connectivity index (χ1n) is 5.26. The van der Waals surface area contributed by atoms with Crippen LogP contribution in [0.1, 0.15) is 17.3 Å². The fourth-order valence-corrected chi connectivity index (χ4v) is 1.80. The average Bonchev–Trinajstić information content (AvgIpc) is 2.71. The molecule has 0 aliphatic carbocycles. The van der Waals surface area contributed by atoms with E-state index < -0.39 is 17.7 Å². The first kappa shape index (κ1) is 11.7. The zero-order chi connectivity index (χ0) is 12.4. The van der Waals surface area contributed by atoms with Gasteiger partial charge in [0.15, 0.2) is 11.6 Å². The van der Waals surface area contributed by atoms with Crippen LogP contribution >= 0.6 is 0 Å². The summed E-state index contributed by atoms with van der Waals surface area (Å²) in [7, 11) is 1.76. The first-order valence-corrected chi connectivity index (χ1v) is 5.26. The van der Waals surface area contributed by atoms with Crippen molar-refractivity contribution >= 4 is 0 Å². The summed E-state index contributed by atoms with van der Waals surface area (Å²) >= 11 is 0. The molecule has 0 saturated heterocycles. The van der Waals surface area contributed by atoms with Gasteiger partial charge in [-0.05, 0) is 24.1 Å². The van der Waals surface area contributed by atoms with Crippen LogP contribution in [-0.2, 0) is 13.5 Å². The van der Waals surface area contributed by atoms with Gasteiger partial charge in [0.2, 0.25) is 0 Å². The zero-order valence-electron chi connectivity index (χ0n) is 9.40. The van der Waals surface area contributed by atoms with Crippen LogP contribution in [0.5, 0.6) is 0 Å². The van der Waals surface area contributed by atoms with Crippen molar-refractivity contribution in [2.75, 3.05) is 0 Å². The van der Waals surface area contributed by atoms with E-state index in [-0.39, 0.29) is 12.0 Å². The minimum absolute atomic E-state index is 0.239. The number of aryl methyl sites for hydroxylation is 1. The molecule has 0 radical (unpaired) electrons. The van der Waals surface area contributed by atoms with Gasteiger partial charge in [0.05, 0.1) is 11.7 Å². The highest BCUT2D eigenvalue weighted by Gasteiger charge is 2.15. The second-order valence-electron chi connectivity index (χ2n) is 3.90. The molecule has 0 amide bonds. The number of hydrogen-bond donors (Lipinski definition) is 1. The molecule has 1 aromatic carbocycles. The van der Waals surface area contributed by atoms with Gasteiger partial charge in [-0.1, -0.05) is 12.1 Å². The van der Waals surface area contributed by atoms with Crippen LogP contribution in [0.15, 0.2) is 30.5 Å². The number of aromatic nitrogens is 2. The fraction of sp³-hybridized carbons (Fsp3) is 0.250. The van der Waals surface area contributed by atoms with Crippen molar-refractivity contribution in [1.29, 1.82) is 0 Å². The van der Waals surface area contributed by atoms with E-state index in [1.165, 1.54) is 12.1 Å². The number of nitrogens with two attached hydrogens (primary N) is 1. The molecule has 1 aromatic heterocycles. The van der Waals surface area contributed by atoms with Crippen LogP contribution in [0.3, 0.4) is 0 Å². The van der Waals surface area contributed by atoms with Gasteiger partial charge in [-0.3, -0.25) is 4.68 Å². The van der Waals surface area contributed by atoms with E-state index in [2.05, 4.69) is 5.10 Å². The molecule has 0 bridgehead atoms.